The highest BCUT2D eigenvalue weighted by Gasteiger charge is 2.14. The molecule has 1 heterocycles. The third kappa shape index (κ3) is 2.85. The van der Waals surface area contributed by atoms with Gasteiger partial charge in [-0.25, -0.2) is 0 Å². The van der Waals surface area contributed by atoms with Gasteiger partial charge in [0.15, 0.2) is 0 Å². The number of carbonyl (C=O) groups is 1. The summed E-state index contributed by atoms with van der Waals surface area (Å²) in [7, 11) is 1.79. The Labute approximate surface area is 96.5 Å². The first-order chi connectivity index (χ1) is 7.43. The molecular weight excluding hydrogens is 204 g/mol. The molecule has 0 saturated heterocycles. The van der Waals surface area contributed by atoms with Crippen molar-refractivity contribution in [2.24, 2.45) is 0 Å². The Bertz CT molecular complexity index is 356. The number of likely N-dealkylation sites (N-methyl/N-ethyl adjacent to an activating group) is 1. The molecule has 4 nitrogen and oxygen atoms in total. The maximum atomic E-state index is 11.9. The topological polar surface area (TPSA) is 45.5 Å². The molecule has 16 heavy (non-hydrogen) atoms. The molecule has 1 rings (SSSR count). The van der Waals surface area contributed by atoms with E-state index < -0.39 is 6.10 Å². The van der Waals surface area contributed by atoms with E-state index in [9.17, 15) is 9.90 Å². The third-order valence-electron chi connectivity index (χ3n) is 2.77. The van der Waals surface area contributed by atoms with Crippen LogP contribution in [0.15, 0.2) is 18.3 Å². The van der Waals surface area contributed by atoms with Crippen LogP contribution in [-0.2, 0) is 11.3 Å². The first-order valence-corrected chi connectivity index (χ1v) is 5.52. The van der Waals surface area contributed by atoms with Crippen molar-refractivity contribution >= 4 is 5.91 Å². The molecule has 0 spiro atoms. The van der Waals surface area contributed by atoms with Crippen LogP contribution in [0.2, 0.25) is 0 Å². The maximum absolute atomic E-state index is 11.9. The van der Waals surface area contributed by atoms with E-state index in [0.717, 1.165) is 5.69 Å². The Morgan fingerprint density at radius 2 is 2.12 bits per heavy atom. The average molecular weight is 224 g/mol. The average Bonchev–Trinajstić information content (AvgIpc) is 2.64. The van der Waals surface area contributed by atoms with E-state index in [4.69, 9.17) is 0 Å². The molecule has 4 heteroatoms. The molecule has 90 valence electrons. The molecule has 0 bridgehead atoms. The van der Waals surface area contributed by atoms with Crippen LogP contribution < -0.4 is 0 Å². The predicted molar refractivity (Wildman–Crippen MR) is 63.0 cm³/mol. The molecule has 0 radical (unpaired) electrons. The third-order valence-corrected chi connectivity index (χ3v) is 2.77. The first kappa shape index (κ1) is 12.8. The molecule has 1 aromatic heterocycles. The van der Waals surface area contributed by atoms with E-state index >= 15 is 0 Å². The SMILES string of the molecule is CC(O)c1cccn1CC(=O)N(C)C(C)C. The fraction of sp³-hybridized carbons (Fsp3) is 0.583. The zero-order chi connectivity index (χ0) is 12.3. The highest BCUT2D eigenvalue weighted by Crippen LogP contribution is 2.13. The van der Waals surface area contributed by atoms with Gasteiger partial charge in [0, 0.05) is 25.0 Å². The van der Waals surface area contributed by atoms with E-state index in [0.29, 0.717) is 0 Å². The van der Waals surface area contributed by atoms with Crippen LogP contribution in [0.5, 0.6) is 0 Å². The number of rotatable bonds is 4. The van der Waals surface area contributed by atoms with Crippen molar-refractivity contribution < 1.29 is 9.90 Å². The van der Waals surface area contributed by atoms with Gasteiger partial charge >= 0.3 is 0 Å². The zero-order valence-corrected chi connectivity index (χ0v) is 10.3. The maximum Gasteiger partial charge on any atom is 0.242 e. The normalized spacial score (nSPS) is 12.9. The lowest BCUT2D eigenvalue weighted by atomic mass is 10.3. The largest absolute Gasteiger partial charge is 0.387 e. The van der Waals surface area contributed by atoms with Crippen LogP contribution in [0, 0.1) is 0 Å². The van der Waals surface area contributed by atoms with E-state index in [1.54, 1.807) is 23.4 Å². The lowest BCUT2D eigenvalue weighted by Crippen LogP contribution is -2.35. The Kier molecular flexibility index (Phi) is 4.12. The van der Waals surface area contributed by atoms with Crippen LogP contribution >= 0.6 is 0 Å². The molecular formula is C12H20N2O2. The highest BCUT2D eigenvalue weighted by molar-refractivity contribution is 5.76. The van der Waals surface area contributed by atoms with E-state index in [-0.39, 0.29) is 18.5 Å². The van der Waals surface area contributed by atoms with Crippen molar-refractivity contribution in [1.29, 1.82) is 0 Å². The van der Waals surface area contributed by atoms with Crippen molar-refractivity contribution in [3.05, 3.63) is 24.0 Å². The molecule has 1 unspecified atom stereocenters. The molecule has 0 aliphatic carbocycles. The standard InChI is InChI=1S/C12H20N2O2/c1-9(2)13(4)12(16)8-14-7-5-6-11(14)10(3)15/h5-7,9-10,15H,8H2,1-4H3. The molecule has 0 saturated carbocycles. The van der Waals surface area contributed by atoms with Gasteiger partial charge in [-0.15, -0.1) is 0 Å². The second-order valence-electron chi connectivity index (χ2n) is 4.34. The Morgan fingerprint density at radius 3 is 2.62 bits per heavy atom. The molecule has 0 fully saturated rings. The summed E-state index contributed by atoms with van der Waals surface area (Å²) >= 11 is 0. The van der Waals surface area contributed by atoms with Gasteiger partial charge in [-0.3, -0.25) is 4.79 Å². The van der Waals surface area contributed by atoms with Crippen LogP contribution in [0.1, 0.15) is 32.6 Å². The molecule has 0 aliphatic rings. The van der Waals surface area contributed by atoms with Gasteiger partial charge in [-0.05, 0) is 32.9 Å². The number of hydrogen-bond acceptors (Lipinski definition) is 2. The second-order valence-corrected chi connectivity index (χ2v) is 4.34. The summed E-state index contributed by atoms with van der Waals surface area (Å²) in [5.41, 5.74) is 0.769. The minimum absolute atomic E-state index is 0.0492. The van der Waals surface area contributed by atoms with Gasteiger partial charge in [-0.2, -0.15) is 0 Å². The fourth-order valence-corrected chi connectivity index (χ4v) is 1.50. The van der Waals surface area contributed by atoms with Crippen molar-refractivity contribution in [2.45, 2.75) is 39.5 Å². The van der Waals surface area contributed by atoms with E-state index in [2.05, 4.69) is 0 Å². The Morgan fingerprint density at radius 1 is 1.50 bits per heavy atom. The van der Waals surface area contributed by atoms with Crippen LogP contribution in [0.3, 0.4) is 0 Å². The molecule has 1 atom stereocenters. The number of aliphatic hydroxyl groups is 1. The molecule has 1 amide bonds. The van der Waals surface area contributed by atoms with Gasteiger partial charge in [0.05, 0.1) is 6.10 Å². The van der Waals surface area contributed by atoms with Gasteiger partial charge in [0.25, 0.3) is 0 Å². The monoisotopic (exact) mass is 224 g/mol. The number of aliphatic hydroxyl groups excluding tert-OH is 1. The van der Waals surface area contributed by atoms with Crippen LogP contribution in [-0.4, -0.2) is 33.6 Å². The van der Waals surface area contributed by atoms with Crippen molar-refractivity contribution in [1.82, 2.24) is 9.47 Å². The number of aromatic nitrogens is 1. The summed E-state index contributed by atoms with van der Waals surface area (Å²) in [5, 5.41) is 9.51. The number of amides is 1. The molecule has 1 N–H and O–H groups in total. The van der Waals surface area contributed by atoms with Gasteiger partial charge in [0.1, 0.15) is 6.54 Å². The molecule has 0 aliphatic heterocycles. The fourth-order valence-electron chi connectivity index (χ4n) is 1.50. The highest BCUT2D eigenvalue weighted by atomic mass is 16.3. The minimum atomic E-state index is -0.549. The minimum Gasteiger partial charge on any atom is -0.387 e. The summed E-state index contributed by atoms with van der Waals surface area (Å²) in [6.45, 7) is 5.93. The van der Waals surface area contributed by atoms with Crippen molar-refractivity contribution in [3.63, 3.8) is 0 Å². The van der Waals surface area contributed by atoms with Crippen molar-refractivity contribution in [2.75, 3.05) is 7.05 Å². The smallest absolute Gasteiger partial charge is 0.242 e. The molecule has 0 aromatic carbocycles. The summed E-state index contributed by atoms with van der Waals surface area (Å²) < 4.78 is 1.78. The van der Waals surface area contributed by atoms with Gasteiger partial charge in [0.2, 0.25) is 5.91 Å². The summed E-state index contributed by atoms with van der Waals surface area (Å²) in [5.74, 6) is 0.0492. The second kappa shape index (κ2) is 5.16. The van der Waals surface area contributed by atoms with E-state index in [1.807, 2.05) is 32.2 Å². The van der Waals surface area contributed by atoms with Gasteiger partial charge in [-0.1, -0.05) is 0 Å². The summed E-state index contributed by atoms with van der Waals surface area (Å²) in [6, 6.07) is 3.86. The predicted octanol–water partition coefficient (Wildman–Crippen LogP) is 1.41. The van der Waals surface area contributed by atoms with Gasteiger partial charge < -0.3 is 14.6 Å². The Hall–Kier alpha value is -1.29. The number of carbonyl (C=O) groups excluding carboxylic acids is 1. The van der Waals surface area contributed by atoms with Crippen LogP contribution in [0.25, 0.3) is 0 Å². The summed E-state index contributed by atoms with van der Waals surface area (Å²) in [4.78, 5) is 13.6. The Balaban J connectivity index is 2.73. The van der Waals surface area contributed by atoms with Crippen molar-refractivity contribution in [3.8, 4) is 0 Å². The lowest BCUT2D eigenvalue weighted by molar-refractivity contribution is -0.132. The van der Waals surface area contributed by atoms with E-state index in [1.165, 1.54) is 0 Å². The number of nitrogens with zero attached hydrogens (tertiary/aromatic N) is 2. The summed E-state index contributed by atoms with van der Waals surface area (Å²) in [6.07, 6.45) is 1.26. The quantitative estimate of drug-likeness (QED) is 0.840. The lowest BCUT2D eigenvalue weighted by Gasteiger charge is -2.22. The first-order valence-electron chi connectivity index (χ1n) is 5.52. The molecule has 1 aromatic rings. The zero-order valence-electron chi connectivity index (χ0n) is 10.3. The number of hydrogen-bond donors (Lipinski definition) is 1. The van der Waals surface area contributed by atoms with Crippen LogP contribution in [0.4, 0.5) is 0 Å².